The van der Waals surface area contributed by atoms with Gasteiger partial charge in [-0.3, -0.25) is 4.79 Å². The van der Waals surface area contributed by atoms with Crippen molar-refractivity contribution in [1.29, 1.82) is 0 Å². The van der Waals surface area contributed by atoms with Crippen LogP contribution in [0.1, 0.15) is 28.8 Å². The summed E-state index contributed by atoms with van der Waals surface area (Å²) in [4.78, 5) is 17.4. The SMILES string of the molecule is CN(C)C[C@H]1[C@@H]2CC[C@@]3(CN(C(=O)c4ccc(Cn5cnnn5)cc4)C[C@@H]13)O2. The standard InChI is InChI=1S/C20H26N6O2/c1-24(2)10-16-17-11-25(12-20(17)8-7-18(16)28-20)19(27)15-5-3-14(4-6-15)9-26-13-21-22-23-26/h3-6,13,16-18H,7-12H2,1-2H3/t16-,17+,18+,20+/m1/s1. The van der Waals surface area contributed by atoms with Crippen LogP contribution < -0.4 is 0 Å². The number of tetrazole rings is 1. The van der Waals surface area contributed by atoms with E-state index in [9.17, 15) is 4.79 Å². The largest absolute Gasteiger partial charge is 0.369 e. The number of ether oxygens (including phenoxy) is 1. The highest BCUT2D eigenvalue weighted by molar-refractivity contribution is 5.94. The molecule has 1 aromatic heterocycles. The number of aromatic nitrogens is 4. The molecular formula is C20H26N6O2. The Labute approximate surface area is 164 Å². The third-order valence-corrected chi connectivity index (χ3v) is 6.58. The molecule has 3 saturated heterocycles. The predicted octanol–water partition coefficient (Wildman–Crippen LogP) is 0.903. The van der Waals surface area contributed by atoms with Gasteiger partial charge in [0.1, 0.15) is 6.33 Å². The number of benzene rings is 1. The van der Waals surface area contributed by atoms with Gasteiger partial charge in [0.05, 0.1) is 24.8 Å². The fraction of sp³-hybridized carbons (Fsp3) is 0.600. The summed E-state index contributed by atoms with van der Waals surface area (Å²) in [6, 6.07) is 7.76. The van der Waals surface area contributed by atoms with E-state index in [0.29, 0.717) is 24.5 Å². The van der Waals surface area contributed by atoms with Crippen molar-refractivity contribution in [1.82, 2.24) is 30.0 Å². The van der Waals surface area contributed by atoms with Crippen molar-refractivity contribution < 1.29 is 9.53 Å². The van der Waals surface area contributed by atoms with Crippen LogP contribution in [0.25, 0.3) is 0 Å². The Balaban J connectivity index is 1.29. The Morgan fingerprint density at radius 2 is 2.14 bits per heavy atom. The van der Waals surface area contributed by atoms with Gasteiger partial charge in [-0.2, -0.15) is 0 Å². The van der Waals surface area contributed by atoms with Crippen molar-refractivity contribution in [3.05, 3.63) is 41.7 Å². The number of fused-ring (bicyclic) bond motifs is 1. The molecule has 4 heterocycles. The normalized spacial score (nSPS) is 31.0. The molecule has 3 aliphatic rings. The molecule has 0 N–H and O–H groups in total. The molecule has 28 heavy (non-hydrogen) atoms. The van der Waals surface area contributed by atoms with Crippen LogP contribution in [0.2, 0.25) is 0 Å². The average Bonchev–Trinajstić information content (AvgIpc) is 3.44. The molecule has 1 spiro atoms. The Bertz CT molecular complexity index is 852. The predicted molar refractivity (Wildman–Crippen MR) is 102 cm³/mol. The Morgan fingerprint density at radius 1 is 1.32 bits per heavy atom. The van der Waals surface area contributed by atoms with Crippen LogP contribution in [0.3, 0.4) is 0 Å². The first-order chi connectivity index (χ1) is 13.5. The second-order valence-corrected chi connectivity index (χ2v) is 8.68. The Kier molecular flexibility index (Phi) is 4.21. The summed E-state index contributed by atoms with van der Waals surface area (Å²) in [6.45, 7) is 3.16. The zero-order valence-corrected chi connectivity index (χ0v) is 16.4. The first-order valence-corrected chi connectivity index (χ1v) is 9.96. The van der Waals surface area contributed by atoms with Crippen LogP contribution in [-0.4, -0.2) is 81.3 Å². The summed E-state index contributed by atoms with van der Waals surface area (Å²) in [7, 11) is 4.24. The van der Waals surface area contributed by atoms with Gasteiger partial charge in [-0.1, -0.05) is 12.1 Å². The highest BCUT2D eigenvalue weighted by Crippen LogP contribution is 2.55. The fourth-order valence-corrected chi connectivity index (χ4v) is 5.39. The molecule has 0 radical (unpaired) electrons. The zero-order valence-electron chi connectivity index (χ0n) is 16.4. The monoisotopic (exact) mass is 382 g/mol. The second kappa shape index (κ2) is 6.63. The van der Waals surface area contributed by atoms with Crippen LogP contribution in [0, 0.1) is 11.8 Å². The van der Waals surface area contributed by atoms with Gasteiger partial charge in [-0.25, -0.2) is 4.68 Å². The maximum absolute atomic E-state index is 13.1. The molecular weight excluding hydrogens is 356 g/mol. The molecule has 4 atom stereocenters. The topological polar surface area (TPSA) is 76.4 Å². The van der Waals surface area contributed by atoms with E-state index in [4.69, 9.17) is 4.74 Å². The lowest BCUT2D eigenvalue weighted by molar-refractivity contribution is 0.00256. The molecule has 1 aromatic carbocycles. The highest BCUT2D eigenvalue weighted by Gasteiger charge is 2.63. The Morgan fingerprint density at radius 3 is 2.86 bits per heavy atom. The van der Waals surface area contributed by atoms with Gasteiger partial charge < -0.3 is 14.5 Å². The maximum atomic E-state index is 13.1. The number of amides is 1. The fourth-order valence-electron chi connectivity index (χ4n) is 5.39. The van der Waals surface area contributed by atoms with Crippen molar-refractivity contribution in [3.8, 4) is 0 Å². The third-order valence-electron chi connectivity index (χ3n) is 6.58. The van der Waals surface area contributed by atoms with Crippen molar-refractivity contribution in [2.75, 3.05) is 33.7 Å². The van der Waals surface area contributed by atoms with Gasteiger partial charge in [-0.05, 0) is 55.1 Å². The zero-order chi connectivity index (χ0) is 19.3. The van der Waals surface area contributed by atoms with E-state index in [-0.39, 0.29) is 11.5 Å². The molecule has 0 unspecified atom stereocenters. The smallest absolute Gasteiger partial charge is 0.253 e. The van der Waals surface area contributed by atoms with E-state index in [0.717, 1.165) is 43.6 Å². The van der Waals surface area contributed by atoms with E-state index in [1.807, 2.05) is 29.2 Å². The van der Waals surface area contributed by atoms with Crippen LogP contribution >= 0.6 is 0 Å². The first-order valence-electron chi connectivity index (χ1n) is 9.96. The number of carbonyl (C=O) groups excluding carboxylic acids is 1. The van der Waals surface area contributed by atoms with E-state index in [2.05, 4.69) is 34.5 Å². The molecule has 3 fully saturated rings. The maximum Gasteiger partial charge on any atom is 0.253 e. The van der Waals surface area contributed by atoms with E-state index < -0.39 is 0 Å². The quantitative estimate of drug-likeness (QED) is 0.765. The summed E-state index contributed by atoms with van der Waals surface area (Å²) < 4.78 is 8.11. The lowest BCUT2D eigenvalue weighted by Crippen LogP contribution is -2.40. The number of nitrogens with zero attached hydrogens (tertiary/aromatic N) is 6. The molecule has 1 amide bonds. The molecule has 5 rings (SSSR count). The average molecular weight is 382 g/mol. The first kappa shape index (κ1) is 17.8. The summed E-state index contributed by atoms with van der Waals surface area (Å²) in [5.41, 5.74) is 1.69. The molecule has 2 aromatic rings. The lowest BCUT2D eigenvalue weighted by atomic mass is 9.73. The molecule has 0 saturated carbocycles. The van der Waals surface area contributed by atoms with Gasteiger partial charge in [0.25, 0.3) is 5.91 Å². The van der Waals surface area contributed by atoms with Crippen molar-refractivity contribution in [2.45, 2.75) is 31.1 Å². The van der Waals surface area contributed by atoms with Crippen LogP contribution in [0.15, 0.2) is 30.6 Å². The molecule has 148 valence electrons. The van der Waals surface area contributed by atoms with E-state index in [1.165, 1.54) is 0 Å². The van der Waals surface area contributed by atoms with E-state index >= 15 is 0 Å². The molecule has 2 bridgehead atoms. The minimum atomic E-state index is -0.110. The van der Waals surface area contributed by atoms with Crippen LogP contribution in [0.5, 0.6) is 0 Å². The van der Waals surface area contributed by atoms with E-state index in [1.54, 1.807) is 11.0 Å². The molecule has 3 aliphatic heterocycles. The number of hydrogen-bond donors (Lipinski definition) is 0. The number of likely N-dealkylation sites (tertiary alicyclic amines) is 1. The lowest BCUT2D eigenvalue weighted by Gasteiger charge is -2.30. The van der Waals surface area contributed by atoms with Gasteiger partial charge in [0.2, 0.25) is 0 Å². The number of rotatable bonds is 5. The second-order valence-electron chi connectivity index (χ2n) is 8.68. The minimum Gasteiger partial charge on any atom is -0.369 e. The Hall–Kier alpha value is -2.32. The van der Waals surface area contributed by atoms with Gasteiger partial charge in [0.15, 0.2) is 0 Å². The van der Waals surface area contributed by atoms with Crippen molar-refractivity contribution in [2.24, 2.45) is 11.8 Å². The summed E-state index contributed by atoms with van der Waals surface area (Å²) >= 11 is 0. The highest BCUT2D eigenvalue weighted by atomic mass is 16.5. The minimum absolute atomic E-state index is 0.105. The van der Waals surface area contributed by atoms with Crippen LogP contribution in [-0.2, 0) is 11.3 Å². The van der Waals surface area contributed by atoms with Crippen molar-refractivity contribution >= 4 is 5.91 Å². The molecule has 8 heteroatoms. The number of carbonyl (C=O) groups is 1. The third kappa shape index (κ3) is 2.91. The van der Waals surface area contributed by atoms with Crippen LogP contribution in [0.4, 0.5) is 0 Å². The molecule has 0 aliphatic carbocycles. The summed E-state index contributed by atoms with van der Waals surface area (Å²) in [5, 5.41) is 11.2. The molecule has 8 nitrogen and oxygen atoms in total. The van der Waals surface area contributed by atoms with Crippen molar-refractivity contribution in [3.63, 3.8) is 0 Å². The van der Waals surface area contributed by atoms with Gasteiger partial charge >= 0.3 is 0 Å². The number of hydrogen-bond acceptors (Lipinski definition) is 6. The summed E-state index contributed by atoms with van der Waals surface area (Å²) in [6.07, 6.45) is 4.17. The summed E-state index contributed by atoms with van der Waals surface area (Å²) in [5.74, 6) is 1.09. The van der Waals surface area contributed by atoms with Gasteiger partial charge in [-0.15, -0.1) is 5.10 Å². The van der Waals surface area contributed by atoms with Gasteiger partial charge in [0, 0.05) is 30.5 Å².